The first-order valence-electron chi connectivity index (χ1n) is 6.96. The lowest BCUT2D eigenvalue weighted by Gasteiger charge is -2.18. The Morgan fingerprint density at radius 3 is 2.55 bits per heavy atom. The second kappa shape index (κ2) is 5.78. The highest BCUT2D eigenvalue weighted by Crippen LogP contribution is 2.23. The van der Waals surface area contributed by atoms with Crippen molar-refractivity contribution in [1.82, 2.24) is 4.98 Å². The maximum atomic E-state index is 12.7. The van der Waals surface area contributed by atoms with E-state index in [1.54, 1.807) is 18.0 Å². The van der Waals surface area contributed by atoms with E-state index in [1.807, 2.05) is 55.5 Å². The number of para-hydroxylation sites is 1. The maximum absolute atomic E-state index is 12.7. The zero-order chi connectivity index (χ0) is 15.7. The molecule has 0 N–H and O–H groups in total. The van der Waals surface area contributed by atoms with Gasteiger partial charge >= 0.3 is 0 Å². The van der Waals surface area contributed by atoms with E-state index in [-0.39, 0.29) is 5.91 Å². The Morgan fingerprint density at radius 1 is 1.09 bits per heavy atom. The van der Waals surface area contributed by atoms with Crippen molar-refractivity contribution < 1.29 is 4.79 Å². The number of aromatic nitrogens is 1. The van der Waals surface area contributed by atoms with E-state index >= 15 is 0 Å². The highest BCUT2D eigenvalue weighted by molar-refractivity contribution is 6.31. The fourth-order valence-electron chi connectivity index (χ4n) is 2.41. The van der Waals surface area contributed by atoms with Crippen LogP contribution in [-0.2, 0) is 0 Å². The Hall–Kier alpha value is -2.39. The summed E-state index contributed by atoms with van der Waals surface area (Å²) in [5.41, 5.74) is 2.97. The number of nitrogens with zero attached hydrogens (tertiary/aromatic N) is 2. The summed E-state index contributed by atoms with van der Waals surface area (Å²) >= 11 is 6.03. The molecule has 22 heavy (non-hydrogen) atoms. The molecule has 0 aliphatic heterocycles. The fourth-order valence-corrected chi connectivity index (χ4v) is 2.59. The number of anilines is 1. The summed E-state index contributed by atoms with van der Waals surface area (Å²) in [4.78, 5) is 18.9. The first-order valence-corrected chi connectivity index (χ1v) is 7.34. The van der Waals surface area contributed by atoms with Crippen LogP contribution in [0.1, 0.15) is 16.1 Å². The lowest BCUT2D eigenvalue weighted by atomic mass is 10.1. The van der Waals surface area contributed by atoms with Gasteiger partial charge in [-0.2, -0.15) is 0 Å². The third-order valence-electron chi connectivity index (χ3n) is 3.65. The van der Waals surface area contributed by atoms with Gasteiger partial charge in [-0.15, -0.1) is 0 Å². The molecule has 0 radical (unpaired) electrons. The first kappa shape index (κ1) is 14.5. The van der Waals surface area contributed by atoms with Crippen LogP contribution >= 0.6 is 11.6 Å². The molecular weight excluding hydrogens is 296 g/mol. The molecule has 1 heterocycles. The highest BCUT2D eigenvalue weighted by atomic mass is 35.5. The van der Waals surface area contributed by atoms with Crippen LogP contribution in [0.3, 0.4) is 0 Å². The summed E-state index contributed by atoms with van der Waals surface area (Å²) in [5.74, 6) is -0.0851. The topological polar surface area (TPSA) is 33.2 Å². The molecule has 0 spiro atoms. The predicted octanol–water partition coefficient (Wildman–Crippen LogP) is 4.47. The molecule has 2 aromatic carbocycles. The van der Waals surface area contributed by atoms with E-state index < -0.39 is 0 Å². The van der Waals surface area contributed by atoms with Crippen LogP contribution in [0.4, 0.5) is 5.69 Å². The molecule has 3 aromatic rings. The average molecular weight is 311 g/mol. The van der Waals surface area contributed by atoms with Crippen LogP contribution in [0.2, 0.25) is 5.02 Å². The molecule has 0 saturated heterocycles. The number of amides is 1. The lowest BCUT2D eigenvalue weighted by Crippen LogP contribution is -2.27. The van der Waals surface area contributed by atoms with E-state index in [0.717, 1.165) is 16.6 Å². The van der Waals surface area contributed by atoms with Gasteiger partial charge in [0.2, 0.25) is 0 Å². The van der Waals surface area contributed by atoms with Crippen LogP contribution in [0.5, 0.6) is 0 Å². The van der Waals surface area contributed by atoms with Crippen LogP contribution in [0, 0.1) is 6.92 Å². The normalized spacial score (nSPS) is 10.7. The molecule has 3 nitrogen and oxygen atoms in total. The molecule has 0 fully saturated rings. The van der Waals surface area contributed by atoms with Crippen LogP contribution in [0.15, 0.2) is 54.6 Å². The molecule has 4 heteroatoms. The summed E-state index contributed by atoms with van der Waals surface area (Å²) < 4.78 is 0. The predicted molar refractivity (Wildman–Crippen MR) is 90.7 cm³/mol. The zero-order valence-electron chi connectivity index (χ0n) is 12.4. The van der Waals surface area contributed by atoms with E-state index in [0.29, 0.717) is 16.3 Å². The number of aryl methyl sites for hydroxylation is 1. The second-order valence-electron chi connectivity index (χ2n) is 5.16. The fraction of sp³-hybridized carbons (Fsp3) is 0.111. The zero-order valence-corrected chi connectivity index (χ0v) is 13.1. The molecular formula is C18H15ClN2O. The van der Waals surface area contributed by atoms with Crippen molar-refractivity contribution in [2.24, 2.45) is 0 Å². The van der Waals surface area contributed by atoms with Gasteiger partial charge in [0.15, 0.2) is 0 Å². The van der Waals surface area contributed by atoms with Crippen molar-refractivity contribution >= 4 is 34.1 Å². The molecule has 1 aromatic heterocycles. The molecule has 110 valence electrons. The summed E-state index contributed by atoms with van der Waals surface area (Å²) in [6, 6.07) is 16.9. The minimum absolute atomic E-state index is 0.0851. The second-order valence-corrected chi connectivity index (χ2v) is 5.59. The quantitative estimate of drug-likeness (QED) is 0.699. The van der Waals surface area contributed by atoms with Gasteiger partial charge in [-0.3, -0.25) is 9.78 Å². The van der Waals surface area contributed by atoms with Gasteiger partial charge in [0, 0.05) is 23.1 Å². The van der Waals surface area contributed by atoms with Gasteiger partial charge in [0.25, 0.3) is 5.91 Å². The van der Waals surface area contributed by atoms with Gasteiger partial charge in [-0.05, 0) is 43.3 Å². The average Bonchev–Trinajstić information content (AvgIpc) is 2.54. The van der Waals surface area contributed by atoms with E-state index in [2.05, 4.69) is 4.98 Å². The number of fused-ring (bicyclic) bond motifs is 1. The minimum atomic E-state index is -0.0851. The smallest absolute Gasteiger partial charge is 0.259 e. The largest absolute Gasteiger partial charge is 0.311 e. The van der Waals surface area contributed by atoms with Gasteiger partial charge < -0.3 is 4.90 Å². The third-order valence-corrected chi connectivity index (χ3v) is 3.88. The van der Waals surface area contributed by atoms with Crippen molar-refractivity contribution in [2.45, 2.75) is 6.92 Å². The van der Waals surface area contributed by atoms with Crippen molar-refractivity contribution in [3.8, 4) is 0 Å². The highest BCUT2D eigenvalue weighted by Gasteiger charge is 2.17. The number of pyridine rings is 1. The summed E-state index contributed by atoms with van der Waals surface area (Å²) in [7, 11) is 1.76. The van der Waals surface area contributed by atoms with Crippen LogP contribution < -0.4 is 4.90 Å². The van der Waals surface area contributed by atoms with Crippen molar-refractivity contribution in [3.63, 3.8) is 0 Å². The Kier molecular flexibility index (Phi) is 3.82. The molecule has 1 amide bonds. The maximum Gasteiger partial charge on any atom is 0.259 e. The van der Waals surface area contributed by atoms with E-state index in [4.69, 9.17) is 11.6 Å². The molecule has 0 unspecified atom stereocenters. The van der Waals surface area contributed by atoms with E-state index in [9.17, 15) is 4.79 Å². The van der Waals surface area contributed by atoms with Gasteiger partial charge in [0.1, 0.15) is 0 Å². The minimum Gasteiger partial charge on any atom is -0.311 e. The van der Waals surface area contributed by atoms with Crippen molar-refractivity contribution in [3.05, 3.63) is 70.9 Å². The summed E-state index contributed by atoms with van der Waals surface area (Å²) in [6.07, 6.45) is 0. The first-order chi connectivity index (χ1) is 10.6. The number of benzene rings is 2. The lowest BCUT2D eigenvalue weighted by molar-refractivity contribution is 0.0992. The molecule has 0 aliphatic rings. The SMILES string of the molecule is Cc1nc2ccc(Cl)cc2cc1C(=O)N(C)c1ccccc1. The van der Waals surface area contributed by atoms with Crippen LogP contribution in [0.25, 0.3) is 10.9 Å². The Morgan fingerprint density at radius 2 is 1.82 bits per heavy atom. The van der Waals surface area contributed by atoms with Crippen molar-refractivity contribution in [2.75, 3.05) is 11.9 Å². The van der Waals surface area contributed by atoms with Crippen LogP contribution in [-0.4, -0.2) is 17.9 Å². The number of hydrogen-bond donors (Lipinski definition) is 0. The summed E-state index contributed by atoms with van der Waals surface area (Å²) in [6.45, 7) is 1.85. The molecule has 0 bridgehead atoms. The number of hydrogen-bond acceptors (Lipinski definition) is 2. The number of carbonyl (C=O) groups excluding carboxylic acids is 1. The molecule has 0 saturated carbocycles. The van der Waals surface area contributed by atoms with Gasteiger partial charge in [0.05, 0.1) is 16.8 Å². The third kappa shape index (κ3) is 2.68. The summed E-state index contributed by atoms with van der Waals surface area (Å²) in [5, 5.41) is 1.50. The number of halogens is 1. The van der Waals surface area contributed by atoms with Gasteiger partial charge in [-0.25, -0.2) is 0 Å². The number of carbonyl (C=O) groups is 1. The monoisotopic (exact) mass is 310 g/mol. The molecule has 0 aliphatic carbocycles. The Balaban J connectivity index is 2.05. The molecule has 3 rings (SSSR count). The van der Waals surface area contributed by atoms with E-state index in [1.165, 1.54) is 0 Å². The Labute approximate surface area is 134 Å². The number of rotatable bonds is 2. The van der Waals surface area contributed by atoms with Gasteiger partial charge in [-0.1, -0.05) is 29.8 Å². The standard InChI is InChI=1S/C18H15ClN2O/c1-12-16(11-13-10-14(19)8-9-17(13)20-12)18(22)21(2)15-6-4-3-5-7-15/h3-11H,1-2H3. The molecule has 0 atom stereocenters. The van der Waals surface area contributed by atoms with Crippen molar-refractivity contribution in [1.29, 1.82) is 0 Å². The Bertz CT molecular complexity index is 846.